The van der Waals surface area contributed by atoms with Crippen LogP contribution >= 0.6 is 0 Å². The van der Waals surface area contributed by atoms with Crippen molar-refractivity contribution < 1.29 is 33.8 Å². The number of hydrogen-bond acceptors (Lipinski definition) is 5. The van der Waals surface area contributed by atoms with E-state index in [1.165, 1.54) is 0 Å². The third-order valence-corrected chi connectivity index (χ3v) is 3.87. The van der Waals surface area contributed by atoms with Crippen LogP contribution in [0, 0.1) is 0 Å². The van der Waals surface area contributed by atoms with Crippen LogP contribution in [0.3, 0.4) is 0 Å². The summed E-state index contributed by atoms with van der Waals surface area (Å²) in [5.41, 5.74) is 0. The molecule has 0 aromatic carbocycles. The molecule has 156 valence electrons. The zero-order valence-corrected chi connectivity index (χ0v) is 16.9. The van der Waals surface area contributed by atoms with E-state index in [-0.39, 0.29) is 18.8 Å². The van der Waals surface area contributed by atoms with Crippen molar-refractivity contribution in [1.29, 1.82) is 0 Å². The summed E-state index contributed by atoms with van der Waals surface area (Å²) < 4.78 is 5.82. The van der Waals surface area contributed by atoms with Gasteiger partial charge in [-0.25, -0.2) is 0 Å². The molecule has 7 nitrogen and oxygen atoms in total. The average Bonchev–Trinajstić information content (AvgIpc) is 2.49. The standard InChI is InChI=1S/C20H35NO6/c1-21(2,3)16-17(15-19(24)25)27-20(26)14-12-10-8-6-4-5-7-9-11-13-18(22)23/h5,7,17H,4,6,8-16H2,1-3H3,(H-,22,23,24,25)/b7-5+. The molecule has 1 atom stereocenters. The van der Waals surface area contributed by atoms with Crippen molar-refractivity contribution in [3.63, 3.8) is 0 Å². The Morgan fingerprint density at radius 2 is 1.56 bits per heavy atom. The molecule has 0 aliphatic heterocycles. The van der Waals surface area contributed by atoms with Gasteiger partial charge in [0.2, 0.25) is 0 Å². The lowest BCUT2D eigenvalue weighted by atomic mass is 10.1. The second-order valence-electron chi connectivity index (χ2n) is 7.87. The maximum absolute atomic E-state index is 11.9. The molecule has 0 fully saturated rings. The first-order valence-electron chi connectivity index (χ1n) is 9.66. The van der Waals surface area contributed by atoms with Crippen LogP contribution in [0.2, 0.25) is 0 Å². The number of likely N-dealkylation sites (N-methyl/N-ethyl adjacent to an activating group) is 1. The van der Waals surface area contributed by atoms with Crippen LogP contribution in [0.4, 0.5) is 0 Å². The van der Waals surface area contributed by atoms with Crippen LogP contribution in [0.15, 0.2) is 12.2 Å². The zero-order valence-electron chi connectivity index (χ0n) is 16.9. The summed E-state index contributed by atoms with van der Waals surface area (Å²) in [4.78, 5) is 33.1. The van der Waals surface area contributed by atoms with Gasteiger partial charge in [0.05, 0.1) is 21.1 Å². The number of unbranched alkanes of at least 4 members (excludes halogenated alkanes) is 5. The summed E-state index contributed by atoms with van der Waals surface area (Å²) in [7, 11) is 5.74. The number of carboxylic acid groups (broad SMARTS) is 2. The van der Waals surface area contributed by atoms with Gasteiger partial charge in [-0.1, -0.05) is 25.0 Å². The highest BCUT2D eigenvalue weighted by molar-refractivity contribution is 5.70. The molecule has 1 N–H and O–H groups in total. The summed E-state index contributed by atoms with van der Waals surface area (Å²) in [5, 5.41) is 19.3. The fourth-order valence-electron chi connectivity index (χ4n) is 2.68. The summed E-state index contributed by atoms with van der Waals surface area (Å²) in [6.45, 7) is 0.429. The van der Waals surface area contributed by atoms with Crippen molar-refractivity contribution in [2.24, 2.45) is 0 Å². The number of carbonyl (C=O) groups excluding carboxylic acids is 2. The van der Waals surface area contributed by atoms with E-state index in [4.69, 9.17) is 9.84 Å². The van der Waals surface area contributed by atoms with Crippen molar-refractivity contribution in [2.45, 2.75) is 70.3 Å². The minimum Gasteiger partial charge on any atom is -0.550 e. The van der Waals surface area contributed by atoms with Crippen LogP contribution in [-0.2, 0) is 19.1 Å². The van der Waals surface area contributed by atoms with Crippen molar-refractivity contribution in [3.05, 3.63) is 12.2 Å². The molecule has 27 heavy (non-hydrogen) atoms. The first-order chi connectivity index (χ1) is 12.6. The number of hydrogen-bond donors (Lipinski definition) is 1. The minimum absolute atomic E-state index is 0.207. The molecule has 0 radical (unpaired) electrons. The maximum atomic E-state index is 11.9. The van der Waals surface area contributed by atoms with Crippen molar-refractivity contribution >= 4 is 17.9 Å². The molecule has 0 spiro atoms. The molecule has 0 heterocycles. The Balaban J connectivity index is 3.81. The topological polar surface area (TPSA) is 104 Å². The van der Waals surface area contributed by atoms with Gasteiger partial charge in [0.1, 0.15) is 6.54 Å². The van der Waals surface area contributed by atoms with Gasteiger partial charge >= 0.3 is 11.9 Å². The Morgan fingerprint density at radius 3 is 2.11 bits per heavy atom. The molecule has 0 bridgehead atoms. The van der Waals surface area contributed by atoms with E-state index in [0.717, 1.165) is 38.5 Å². The Hall–Kier alpha value is -1.89. The van der Waals surface area contributed by atoms with E-state index in [9.17, 15) is 19.5 Å². The van der Waals surface area contributed by atoms with E-state index in [1.807, 2.05) is 27.2 Å². The number of nitrogens with zero attached hydrogens (tertiary/aromatic N) is 1. The summed E-state index contributed by atoms with van der Waals surface area (Å²) >= 11 is 0. The normalized spacial score (nSPS) is 12.9. The first-order valence-corrected chi connectivity index (χ1v) is 9.66. The highest BCUT2D eigenvalue weighted by atomic mass is 16.5. The molecule has 0 aliphatic carbocycles. The predicted octanol–water partition coefficient (Wildman–Crippen LogP) is 1.90. The summed E-state index contributed by atoms with van der Waals surface area (Å²) in [6.07, 6.45) is 9.75. The molecule has 7 heteroatoms. The number of esters is 1. The highest BCUT2D eigenvalue weighted by Crippen LogP contribution is 2.10. The van der Waals surface area contributed by atoms with E-state index < -0.39 is 18.0 Å². The second-order valence-corrected chi connectivity index (χ2v) is 7.87. The van der Waals surface area contributed by atoms with Crippen LogP contribution in [-0.4, -0.2) is 61.3 Å². The molecule has 0 rings (SSSR count). The second kappa shape index (κ2) is 14.2. The van der Waals surface area contributed by atoms with Crippen molar-refractivity contribution in [3.8, 4) is 0 Å². The van der Waals surface area contributed by atoms with Crippen molar-refractivity contribution in [2.75, 3.05) is 27.7 Å². The Bertz CT molecular complexity index is 481. The van der Waals surface area contributed by atoms with Crippen molar-refractivity contribution in [1.82, 2.24) is 0 Å². The number of ether oxygens (including phenoxy) is 1. The van der Waals surface area contributed by atoms with Gasteiger partial charge in [0.25, 0.3) is 0 Å². The third kappa shape index (κ3) is 18.7. The van der Waals surface area contributed by atoms with Crippen LogP contribution in [0.25, 0.3) is 0 Å². The monoisotopic (exact) mass is 385 g/mol. The van der Waals surface area contributed by atoms with Crippen LogP contribution in [0.5, 0.6) is 0 Å². The van der Waals surface area contributed by atoms with Gasteiger partial charge in [-0.05, 0) is 32.1 Å². The third-order valence-electron chi connectivity index (χ3n) is 3.87. The van der Waals surface area contributed by atoms with E-state index >= 15 is 0 Å². The van der Waals surface area contributed by atoms with Gasteiger partial charge in [-0.3, -0.25) is 9.59 Å². The number of quaternary nitrogens is 1. The molecule has 0 aromatic rings. The van der Waals surface area contributed by atoms with Crippen LogP contribution in [0.1, 0.15) is 64.2 Å². The minimum atomic E-state index is -1.21. The number of allylic oxidation sites excluding steroid dienone is 2. The van der Waals surface area contributed by atoms with E-state index in [0.29, 0.717) is 23.9 Å². The highest BCUT2D eigenvalue weighted by Gasteiger charge is 2.22. The van der Waals surface area contributed by atoms with Crippen LogP contribution < -0.4 is 5.11 Å². The number of carbonyl (C=O) groups is 3. The fourth-order valence-corrected chi connectivity index (χ4v) is 2.68. The largest absolute Gasteiger partial charge is 0.550 e. The maximum Gasteiger partial charge on any atom is 0.306 e. The quantitative estimate of drug-likeness (QED) is 0.188. The fraction of sp³-hybridized carbons (Fsp3) is 0.750. The molecule has 0 saturated heterocycles. The molecule has 0 saturated carbocycles. The van der Waals surface area contributed by atoms with E-state index in [2.05, 4.69) is 6.08 Å². The summed E-state index contributed by atoms with van der Waals surface area (Å²) in [5.74, 6) is -2.32. The van der Waals surface area contributed by atoms with Gasteiger partial charge in [-0.15, -0.1) is 0 Å². The van der Waals surface area contributed by atoms with E-state index in [1.54, 1.807) is 0 Å². The van der Waals surface area contributed by atoms with Gasteiger partial charge < -0.3 is 24.2 Å². The first kappa shape index (κ1) is 25.1. The Labute approximate surface area is 162 Å². The van der Waals surface area contributed by atoms with Gasteiger partial charge in [0.15, 0.2) is 6.10 Å². The number of rotatable bonds is 16. The molecular formula is C20H35NO6. The lowest BCUT2D eigenvalue weighted by Gasteiger charge is -2.29. The summed E-state index contributed by atoms with van der Waals surface area (Å²) in [6, 6.07) is 0. The SMILES string of the molecule is C[N+](C)(C)CC(CC(=O)[O-])OC(=O)CCCCCC/C=C/CCCC(=O)O. The lowest BCUT2D eigenvalue weighted by molar-refractivity contribution is -0.873. The number of aliphatic carboxylic acids is 2. The predicted molar refractivity (Wildman–Crippen MR) is 101 cm³/mol. The molecule has 0 aromatic heterocycles. The molecule has 1 unspecified atom stereocenters. The Kier molecular flexibility index (Phi) is 13.2. The number of carboxylic acids is 2. The zero-order chi connectivity index (χ0) is 20.7. The average molecular weight is 386 g/mol. The molecular weight excluding hydrogens is 350 g/mol. The molecule has 0 aliphatic rings. The van der Waals surface area contributed by atoms with Gasteiger partial charge in [0, 0.05) is 25.2 Å². The smallest absolute Gasteiger partial charge is 0.306 e. The Morgan fingerprint density at radius 1 is 0.963 bits per heavy atom. The lowest BCUT2D eigenvalue weighted by Crippen LogP contribution is -2.45. The van der Waals surface area contributed by atoms with Gasteiger partial charge in [-0.2, -0.15) is 0 Å². The molecule has 0 amide bonds.